The van der Waals surface area contributed by atoms with Gasteiger partial charge in [-0.1, -0.05) is 36.7 Å². The second-order valence-electron chi connectivity index (χ2n) is 8.71. The molecule has 1 aromatic carbocycles. The number of benzene rings is 1. The molecule has 0 saturated heterocycles. The van der Waals surface area contributed by atoms with Crippen molar-refractivity contribution < 1.29 is 5.11 Å². The quantitative estimate of drug-likeness (QED) is 0.152. The van der Waals surface area contributed by atoms with Gasteiger partial charge in [-0.2, -0.15) is 5.26 Å². The third-order valence-electron chi connectivity index (χ3n) is 6.55. The van der Waals surface area contributed by atoms with E-state index in [-0.39, 0.29) is 22.9 Å². The molecule has 9 heteroatoms. The molecule has 0 radical (unpaired) electrons. The fourth-order valence-corrected chi connectivity index (χ4v) is 6.69. The number of hydrogen-bond donors (Lipinski definition) is 2. The van der Waals surface area contributed by atoms with Crippen molar-refractivity contribution in [3.63, 3.8) is 0 Å². The molecule has 3 aromatic heterocycles. The topological polar surface area (TPSA) is 108 Å². The van der Waals surface area contributed by atoms with Gasteiger partial charge in [-0.15, -0.1) is 11.3 Å². The normalized spacial score (nSPS) is 16.2. The van der Waals surface area contributed by atoms with Gasteiger partial charge in [0.1, 0.15) is 22.2 Å². The number of para-hydroxylation sites is 2. The number of imidazole rings is 1. The number of nitriles is 1. The van der Waals surface area contributed by atoms with Crippen LogP contribution >= 0.6 is 23.1 Å². The van der Waals surface area contributed by atoms with Gasteiger partial charge in [0.25, 0.3) is 5.56 Å². The lowest BCUT2D eigenvalue weighted by Gasteiger charge is -2.20. The molecule has 7 nitrogen and oxygen atoms in total. The van der Waals surface area contributed by atoms with Gasteiger partial charge in [0.2, 0.25) is 0 Å². The zero-order valence-corrected chi connectivity index (χ0v) is 20.9. The van der Waals surface area contributed by atoms with Crippen LogP contribution in [0.5, 0.6) is 0 Å². The number of aromatic nitrogens is 4. The van der Waals surface area contributed by atoms with Crippen molar-refractivity contribution in [3.05, 3.63) is 56.6 Å². The van der Waals surface area contributed by atoms with Gasteiger partial charge in [-0.3, -0.25) is 9.36 Å². The Morgan fingerprint density at radius 3 is 2.74 bits per heavy atom. The second-order valence-corrected chi connectivity index (χ2v) is 11.2. The van der Waals surface area contributed by atoms with Gasteiger partial charge in [-0.25, -0.2) is 9.97 Å². The monoisotopic (exact) mass is 491 g/mol. The summed E-state index contributed by atoms with van der Waals surface area (Å²) in [6, 6.07) is 9.70. The fraction of sp³-hybridized carbons (Fsp3) is 0.360. The highest BCUT2D eigenvalue weighted by Gasteiger charge is 2.27. The van der Waals surface area contributed by atoms with Crippen LogP contribution in [0.3, 0.4) is 0 Å². The minimum Gasteiger partial charge on any atom is -0.510 e. The SMILES string of the molecule is Cc1sc2nc(SC(C)/C(O)=C(/C#N)c3nc4ccccc4[nH]3)n(C3CCCC3)c(=O)c2c1C. The summed E-state index contributed by atoms with van der Waals surface area (Å²) < 4.78 is 1.83. The molecular weight excluding hydrogens is 466 g/mol. The van der Waals surface area contributed by atoms with Gasteiger partial charge in [0.15, 0.2) is 11.0 Å². The highest BCUT2D eigenvalue weighted by atomic mass is 32.2. The summed E-state index contributed by atoms with van der Waals surface area (Å²) in [5.41, 5.74) is 2.60. The fourth-order valence-electron chi connectivity index (χ4n) is 4.58. The van der Waals surface area contributed by atoms with Gasteiger partial charge in [-0.05, 0) is 51.3 Å². The van der Waals surface area contributed by atoms with E-state index in [2.05, 4.69) is 16.0 Å². The lowest BCUT2D eigenvalue weighted by molar-refractivity contribution is 0.400. The summed E-state index contributed by atoms with van der Waals surface area (Å²) in [5.74, 6) is 0.243. The zero-order chi connectivity index (χ0) is 24.0. The Morgan fingerprint density at radius 1 is 1.29 bits per heavy atom. The van der Waals surface area contributed by atoms with Crippen molar-refractivity contribution >= 4 is 49.9 Å². The maximum atomic E-state index is 13.6. The Hall–Kier alpha value is -3.09. The van der Waals surface area contributed by atoms with Crippen LogP contribution in [-0.4, -0.2) is 29.9 Å². The van der Waals surface area contributed by atoms with E-state index in [0.29, 0.717) is 16.4 Å². The number of nitrogens with one attached hydrogen (secondary N) is 1. The highest BCUT2D eigenvalue weighted by Crippen LogP contribution is 2.37. The molecule has 2 N–H and O–H groups in total. The average molecular weight is 492 g/mol. The maximum Gasteiger partial charge on any atom is 0.263 e. The number of aromatic amines is 1. The molecule has 1 unspecified atom stereocenters. The van der Waals surface area contributed by atoms with Crippen molar-refractivity contribution in [2.24, 2.45) is 0 Å². The Kier molecular flexibility index (Phi) is 5.96. The average Bonchev–Trinajstić information content (AvgIpc) is 3.54. The Labute approximate surface area is 205 Å². The molecule has 1 aliphatic carbocycles. The summed E-state index contributed by atoms with van der Waals surface area (Å²) >= 11 is 2.84. The van der Waals surface area contributed by atoms with Crippen molar-refractivity contribution in [3.8, 4) is 6.07 Å². The smallest absolute Gasteiger partial charge is 0.263 e. The summed E-state index contributed by atoms with van der Waals surface area (Å²) in [7, 11) is 0. The number of aliphatic hydroxyl groups is 1. The van der Waals surface area contributed by atoms with Crippen molar-refractivity contribution in [2.75, 3.05) is 0 Å². The minimum atomic E-state index is -0.498. The number of aryl methyl sites for hydroxylation is 2. The van der Waals surface area contributed by atoms with Crippen LogP contribution in [0.2, 0.25) is 0 Å². The van der Waals surface area contributed by atoms with Gasteiger partial charge in [0.05, 0.1) is 21.7 Å². The van der Waals surface area contributed by atoms with E-state index in [0.717, 1.165) is 52.0 Å². The Balaban J connectivity index is 1.58. The Morgan fingerprint density at radius 2 is 2.03 bits per heavy atom. The summed E-state index contributed by atoms with van der Waals surface area (Å²) in [6.07, 6.45) is 4.07. The number of allylic oxidation sites excluding steroid dienone is 1. The number of aliphatic hydroxyl groups excluding tert-OH is 1. The van der Waals surface area contributed by atoms with E-state index < -0.39 is 5.25 Å². The molecule has 0 aliphatic heterocycles. The molecule has 0 spiro atoms. The standard InChI is InChI=1S/C25H25N5O2S2/c1-13-14(2)33-23-20(13)24(32)30(16-8-4-5-9-16)25(29-23)34-15(3)21(31)17(12-26)22-27-18-10-6-7-11-19(18)28-22/h6-7,10-11,15-16,31H,4-5,8-9H2,1-3H3,(H,27,28)/b21-17+. The molecule has 5 rings (SSSR count). The first-order valence-electron chi connectivity index (χ1n) is 11.4. The molecule has 1 fully saturated rings. The van der Waals surface area contributed by atoms with Crippen molar-refractivity contribution in [1.29, 1.82) is 5.26 Å². The molecule has 0 amide bonds. The van der Waals surface area contributed by atoms with E-state index in [4.69, 9.17) is 4.98 Å². The summed E-state index contributed by atoms with van der Waals surface area (Å²) in [4.78, 5) is 27.9. The van der Waals surface area contributed by atoms with Crippen LogP contribution in [0.4, 0.5) is 0 Å². The first-order valence-corrected chi connectivity index (χ1v) is 13.1. The summed E-state index contributed by atoms with van der Waals surface area (Å²) in [5, 5.41) is 21.7. The third kappa shape index (κ3) is 3.81. The number of thioether (sulfide) groups is 1. The molecular formula is C25H25N5O2S2. The van der Waals surface area contributed by atoms with E-state index >= 15 is 0 Å². The number of H-pyrrole nitrogens is 1. The zero-order valence-electron chi connectivity index (χ0n) is 19.3. The molecule has 0 bridgehead atoms. The van der Waals surface area contributed by atoms with Crippen LogP contribution in [-0.2, 0) is 0 Å². The first-order chi connectivity index (χ1) is 16.4. The predicted octanol–water partition coefficient (Wildman–Crippen LogP) is 6.04. The predicted molar refractivity (Wildman–Crippen MR) is 137 cm³/mol. The van der Waals surface area contributed by atoms with E-state index in [1.807, 2.05) is 49.6 Å². The number of fused-ring (bicyclic) bond motifs is 2. The van der Waals surface area contributed by atoms with Crippen LogP contribution in [0.15, 0.2) is 40.0 Å². The summed E-state index contributed by atoms with van der Waals surface area (Å²) in [6.45, 7) is 5.81. The molecule has 1 atom stereocenters. The maximum absolute atomic E-state index is 13.6. The highest BCUT2D eigenvalue weighted by molar-refractivity contribution is 8.00. The number of hydrogen-bond acceptors (Lipinski definition) is 7. The van der Waals surface area contributed by atoms with E-state index in [1.54, 1.807) is 0 Å². The molecule has 1 saturated carbocycles. The third-order valence-corrected chi connectivity index (χ3v) is 8.73. The van der Waals surface area contributed by atoms with Crippen LogP contribution in [0, 0.1) is 25.2 Å². The molecule has 3 heterocycles. The second kappa shape index (κ2) is 8.93. The molecule has 34 heavy (non-hydrogen) atoms. The molecule has 4 aromatic rings. The lowest BCUT2D eigenvalue weighted by Crippen LogP contribution is -2.27. The number of rotatable bonds is 5. The minimum absolute atomic E-state index is 0.00490. The van der Waals surface area contributed by atoms with Gasteiger partial charge in [0, 0.05) is 10.9 Å². The Bertz CT molecular complexity index is 1500. The van der Waals surface area contributed by atoms with E-state index in [9.17, 15) is 15.2 Å². The van der Waals surface area contributed by atoms with Gasteiger partial charge < -0.3 is 10.1 Å². The van der Waals surface area contributed by atoms with Crippen molar-refractivity contribution in [2.45, 2.75) is 62.9 Å². The largest absolute Gasteiger partial charge is 0.510 e. The van der Waals surface area contributed by atoms with Crippen LogP contribution in [0.1, 0.15) is 54.9 Å². The van der Waals surface area contributed by atoms with Crippen LogP contribution < -0.4 is 5.56 Å². The van der Waals surface area contributed by atoms with Crippen molar-refractivity contribution in [1.82, 2.24) is 19.5 Å². The first kappa shape index (κ1) is 22.7. The number of nitrogens with zero attached hydrogens (tertiary/aromatic N) is 4. The molecule has 1 aliphatic rings. The number of thiophene rings is 1. The van der Waals surface area contributed by atoms with E-state index in [1.165, 1.54) is 23.1 Å². The lowest BCUT2D eigenvalue weighted by atomic mass is 10.2. The molecule has 174 valence electrons. The van der Waals surface area contributed by atoms with Crippen LogP contribution in [0.25, 0.3) is 26.8 Å². The van der Waals surface area contributed by atoms with Gasteiger partial charge >= 0.3 is 0 Å².